The maximum atomic E-state index is 8.56. The second-order valence-electron chi connectivity index (χ2n) is 4.24. The van der Waals surface area contributed by atoms with Crippen molar-refractivity contribution in [3.8, 4) is 0 Å². The molecule has 0 aromatic rings. The molecule has 2 fully saturated rings. The molecule has 0 aromatic carbocycles. The van der Waals surface area contributed by atoms with E-state index in [1.54, 1.807) is 11.1 Å². The van der Waals surface area contributed by atoms with E-state index < -0.39 is 6.16 Å². The van der Waals surface area contributed by atoms with Gasteiger partial charge in [0.05, 0.1) is 0 Å². The first-order valence-electron chi connectivity index (χ1n) is 4.51. The molecular formula is C10H16O3. The van der Waals surface area contributed by atoms with Gasteiger partial charge in [-0.15, -0.1) is 0 Å². The Hall–Kier alpha value is -0.990. The van der Waals surface area contributed by atoms with Crippen LogP contribution >= 0.6 is 0 Å². The van der Waals surface area contributed by atoms with Gasteiger partial charge < -0.3 is 10.2 Å². The second kappa shape index (κ2) is 3.05. The van der Waals surface area contributed by atoms with Crippen LogP contribution in [0.1, 0.15) is 33.6 Å². The van der Waals surface area contributed by atoms with Gasteiger partial charge in [-0.3, -0.25) is 0 Å². The molecule has 0 amide bonds. The number of rotatable bonds is 0. The highest BCUT2D eigenvalue weighted by molar-refractivity contribution is 5.53. The quantitative estimate of drug-likeness (QED) is 0.569. The fourth-order valence-corrected chi connectivity index (χ4v) is 1.86. The normalized spacial score (nSPS) is 27.5. The van der Waals surface area contributed by atoms with Crippen LogP contribution in [0, 0.1) is 11.3 Å². The third-order valence-corrected chi connectivity index (χ3v) is 3.01. The number of carbonyl (C=O) groups is 1. The van der Waals surface area contributed by atoms with Gasteiger partial charge >= 0.3 is 6.16 Å². The van der Waals surface area contributed by atoms with Gasteiger partial charge in [-0.05, 0) is 24.2 Å². The van der Waals surface area contributed by atoms with Gasteiger partial charge in [-0.2, -0.15) is 0 Å². The monoisotopic (exact) mass is 184 g/mol. The van der Waals surface area contributed by atoms with Crippen molar-refractivity contribution in [1.29, 1.82) is 0 Å². The van der Waals surface area contributed by atoms with Crippen molar-refractivity contribution in [3.63, 3.8) is 0 Å². The third-order valence-electron chi connectivity index (χ3n) is 3.01. The fraction of sp³-hybridized carbons (Fsp3) is 0.700. The Labute approximate surface area is 78.1 Å². The van der Waals surface area contributed by atoms with Crippen molar-refractivity contribution >= 4 is 6.16 Å². The van der Waals surface area contributed by atoms with Crippen molar-refractivity contribution in [2.45, 2.75) is 33.6 Å². The van der Waals surface area contributed by atoms with Gasteiger partial charge in [0.25, 0.3) is 0 Å². The number of carboxylic acid groups (broad SMARTS) is 2. The largest absolute Gasteiger partial charge is 0.503 e. The molecule has 0 spiro atoms. The first kappa shape index (κ1) is 10.1. The predicted molar refractivity (Wildman–Crippen MR) is 49.9 cm³/mol. The van der Waals surface area contributed by atoms with Gasteiger partial charge in [0, 0.05) is 0 Å². The molecule has 1 unspecified atom stereocenters. The molecule has 3 nitrogen and oxygen atoms in total. The average Bonchev–Trinajstić information content (AvgIpc) is 2.75. The Kier molecular flexibility index (Phi) is 2.37. The van der Waals surface area contributed by atoms with Crippen molar-refractivity contribution in [2.75, 3.05) is 0 Å². The summed E-state index contributed by atoms with van der Waals surface area (Å²) in [4.78, 5) is 8.56. The molecule has 0 saturated heterocycles. The van der Waals surface area contributed by atoms with Gasteiger partial charge in [0.1, 0.15) is 0 Å². The van der Waals surface area contributed by atoms with Crippen LogP contribution in [0.4, 0.5) is 4.79 Å². The van der Waals surface area contributed by atoms with E-state index in [1.807, 2.05) is 0 Å². The molecular weight excluding hydrogens is 168 g/mol. The van der Waals surface area contributed by atoms with E-state index in [-0.39, 0.29) is 0 Å². The smallest absolute Gasteiger partial charge is 0.450 e. The molecule has 2 aliphatic rings. The predicted octanol–water partition coefficient (Wildman–Crippen LogP) is 2.98. The van der Waals surface area contributed by atoms with Crippen LogP contribution in [-0.4, -0.2) is 16.4 Å². The number of hydrogen-bond donors (Lipinski definition) is 2. The lowest BCUT2D eigenvalue weighted by atomic mass is 10.1. The van der Waals surface area contributed by atoms with Crippen LogP contribution in [0.2, 0.25) is 0 Å². The lowest BCUT2D eigenvalue weighted by Gasteiger charge is -1.92. The molecule has 2 rings (SSSR count). The lowest BCUT2D eigenvalue weighted by molar-refractivity contribution is 0.137. The molecule has 13 heavy (non-hydrogen) atoms. The first-order valence-corrected chi connectivity index (χ1v) is 4.51. The highest BCUT2D eigenvalue weighted by atomic mass is 16.6. The van der Waals surface area contributed by atoms with Gasteiger partial charge in [-0.25, -0.2) is 4.79 Å². The summed E-state index contributed by atoms with van der Waals surface area (Å²) in [7, 11) is 0. The summed E-state index contributed by atoms with van der Waals surface area (Å²) in [6.07, 6.45) is 0.978. The topological polar surface area (TPSA) is 57.5 Å². The Morgan fingerprint density at radius 3 is 1.77 bits per heavy atom. The van der Waals surface area contributed by atoms with Crippen LogP contribution < -0.4 is 0 Å². The van der Waals surface area contributed by atoms with Crippen molar-refractivity contribution in [1.82, 2.24) is 0 Å². The zero-order valence-electron chi connectivity index (χ0n) is 8.29. The summed E-state index contributed by atoms with van der Waals surface area (Å²) >= 11 is 0. The fourth-order valence-electron chi connectivity index (χ4n) is 1.86. The SMILES string of the molecule is CC1C(=C2CC2)C1(C)C.O=C(O)O. The lowest BCUT2D eigenvalue weighted by Crippen LogP contribution is -1.83. The van der Waals surface area contributed by atoms with E-state index in [1.165, 1.54) is 12.8 Å². The second-order valence-corrected chi connectivity index (χ2v) is 4.24. The first-order chi connectivity index (χ1) is 5.87. The Morgan fingerprint density at radius 1 is 1.38 bits per heavy atom. The minimum absolute atomic E-state index is 0.589. The highest BCUT2D eigenvalue weighted by Gasteiger charge is 2.51. The van der Waals surface area contributed by atoms with Crippen LogP contribution in [0.3, 0.4) is 0 Å². The zero-order valence-corrected chi connectivity index (χ0v) is 8.29. The maximum absolute atomic E-state index is 8.56. The summed E-state index contributed by atoms with van der Waals surface area (Å²) in [5.41, 5.74) is 4.14. The molecule has 2 saturated carbocycles. The molecule has 0 aromatic heterocycles. The Bertz CT molecular complexity index is 253. The molecule has 0 bridgehead atoms. The molecule has 3 heteroatoms. The molecule has 0 aliphatic heterocycles. The number of hydrogen-bond acceptors (Lipinski definition) is 1. The molecule has 1 atom stereocenters. The van der Waals surface area contributed by atoms with E-state index in [4.69, 9.17) is 15.0 Å². The standard InChI is InChI=1S/C9H14.CH2O3/c1-6-8(7-4-5-7)9(6,2)3;2-1(3)4/h6H,4-5H2,1-3H3;(H2,2,3,4). The average molecular weight is 184 g/mol. The molecule has 74 valence electrons. The van der Waals surface area contributed by atoms with Crippen LogP contribution in [0.5, 0.6) is 0 Å². The van der Waals surface area contributed by atoms with Gasteiger partial charge in [0.2, 0.25) is 0 Å². The minimum Gasteiger partial charge on any atom is -0.450 e. The van der Waals surface area contributed by atoms with E-state index in [2.05, 4.69) is 20.8 Å². The highest BCUT2D eigenvalue weighted by Crippen LogP contribution is 2.62. The van der Waals surface area contributed by atoms with Crippen molar-refractivity contribution < 1.29 is 15.0 Å². The van der Waals surface area contributed by atoms with Crippen LogP contribution in [0.15, 0.2) is 11.1 Å². The molecule has 0 radical (unpaired) electrons. The van der Waals surface area contributed by atoms with E-state index >= 15 is 0 Å². The van der Waals surface area contributed by atoms with E-state index in [0.29, 0.717) is 5.41 Å². The summed E-state index contributed by atoms with van der Waals surface area (Å²) in [5.74, 6) is 0.898. The summed E-state index contributed by atoms with van der Waals surface area (Å²) in [5, 5.41) is 13.9. The maximum Gasteiger partial charge on any atom is 0.503 e. The van der Waals surface area contributed by atoms with Crippen molar-refractivity contribution in [2.24, 2.45) is 11.3 Å². The Morgan fingerprint density at radius 2 is 1.69 bits per heavy atom. The third kappa shape index (κ3) is 2.23. The van der Waals surface area contributed by atoms with Gasteiger partial charge in [0.15, 0.2) is 0 Å². The molecule has 0 heterocycles. The number of allylic oxidation sites excluding steroid dienone is 2. The van der Waals surface area contributed by atoms with Crippen LogP contribution in [0.25, 0.3) is 0 Å². The minimum atomic E-state index is -1.83. The molecule has 2 aliphatic carbocycles. The van der Waals surface area contributed by atoms with E-state index in [0.717, 1.165) is 5.92 Å². The molecule has 2 N–H and O–H groups in total. The van der Waals surface area contributed by atoms with E-state index in [9.17, 15) is 0 Å². The summed E-state index contributed by atoms with van der Waals surface area (Å²) in [6, 6.07) is 0. The zero-order chi connectivity index (χ0) is 10.2. The van der Waals surface area contributed by atoms with Gasteiger partial charge in [-0.1, -0.05) is 31.9 Å². The summed E-state index contributed by atoms with van der Waals surface area (Å²) < 4.78 is 0. The van der Waals surface area contributed by atoms with Crippen LogP contribution in [-0.2, 0) is 0 Å². The Balaban J connectivity index is 0.000000184. The van der Waals surface area contributed by atoms with Crippen molar-refractivity contribution in [3.05, 3.63) is 11.1 Å². The summed E-state index contributed by atoms with van der Waals surface area (Å²) in [6.45, 7) is 7.07.